The van der Waals surface area contributed by atoms with Crippen LogP contribution < -0.4 is 32.2 Å². The van der Waals surface area contributed by atoms with Crippen molar-refractivity contribution in [3.8, 4) is 45.3 Å². The maximum atomic E-state index is 6.60. The first-order chi connectivity index (χ1) is 29.8. The third kappa shape index (κ3) is 5.31. The van der Waals surface area contributed by atoms with Gasteiger partial charge in [0.1, 0.15) is 50.4 Å². The average molecular weight is 764 g/mol. The molecule has 10 heteroatoms. The van der Waals surface area contributed by atoms with Crippen molar-refractivity contribution >= 4 is 138 Å². The average Bonchev–Trinajstić information content (AvgIpc) is 3.69. The fourth-order valence-electron chi connectivity index (χ4n) is 9.12. The molecular formula is C51H25B5N4O. The largest absolute Gasteiger partial charge is 0.455 e. The third-order valence-electron chi connectivity index (χ3n) is 12.1. The molecule has 270 valence electrons. The van der Waals surface area contributed by atoms with E-state index in [2.05, 4.69) is 108 Å². The number of rotatable bonds is 4. The molecule has 3 heterocycles. The molecule has 0 unspecified atom stereocenters. The van der Waals surface area contributed by atoms with Crippen molar-refractivity contribution in [1.29, 1.82) is 0 Å². The summed E-state index contributed by atoms with van der Waals surface area (Å²) in [5, 5.41) is 8.82. The van der Waals surface area contributed by atoms with Gasteiger partial charge in [-0.2, -0.15) is 0 Å². The van der Waals surface area contributed by atoms with Crippen molar-refractivity contribution in [3.05, 3.63) is 152 Å². The lowest BCUT2D eigenvalue weighted by Gasteiger charge is -2.34. The molecular weight excluding hydrogens is 739 g/mol. The van der Waals surface area contributed by atoms with Crippen LogP contribution in [0.4, 0.5) is 17.1 Å². The maximum Gasteiger partial charge on any atom is 0.167 e. The quantitative estimate of drug-likeness (QED) is 0.173. The Labute approximate surface area is 357 Å². The Hall–Kier alpha value is -7.31. The summed E-state index contributed by atoms with van der Waals surface area (Å²) in [6.07, 6.45) is 0. The Kier molecular flexibility index (Phi) is 7.80. The number of fused-ring (bicyclic) bond motifs is 8. The highest BCUT2D eigenvalue weighted by molar-refractivity contribution is 6.68. The van der Waals surface area contributed by atoms with Crippen LogP contribution in [0.5, 0.6) is 0 Å². The van der Waals surface area contributed by atoms with E-state index < -0.39 is 0 Å². The molecule has 0 aliphatic carbocycles. The van der Waals surface area contributed by atoms with E-state index in [4.69, 9.17) is 58.6 Å². The number of hydrogen-bond acceptors (Lipinski definition) is 5. The zero-order valence-corrected chi connectivity index (χ0v) is 32.5. The predicted molar refractivity (Wildman–Crippen MR) is 257 cm³/mol. The van der Waals surface area contributed by atoms with Gasteiger partial charge in [0.25, 0.3) is 0 Å². The summed E-state index contributed by atoms with van der Waals surface area (Å²) >= 11 is 0. The molecule has 0 spiro atoms. The van der Waals surface area contributed by atoms with Gasteiger partial charge in [0.05, 0.1) is 16.9 Å². The van der Waals surface area contributed by atoms with Crippen LogP contribution in [0, 0.1) is 0 Å². The SMILES string of the molecule is [B]c1c([B])c([B])c(-c2nc(-c3ccc4cc(N5c6ccc7ccccc7c6-c6cccc7cccc5c67)ccc4c3)nc(-c3cccc4c3oc3ccccc34)n2)c([B])c1[B]. The highest BCUT2D eigenvalue weighted by atomic mass is 16.3. The number of benzene rings is 9. The van der Waals surface area contributed by atoms with Crippen LogP contribution in [0.25, 0.3) is 99.5 Å². The van der Waals surface area contributed by atoms with Gasteiger partial charge in [-0.05, 0) is 75.0 Å². The van der Waals surface area contributed by atoms with Gasteiger partial charge < -0.3 is 9.32 Å². The number of anilines is 3. The molecule has 0 bridgehead atoms. The summed E-state index contributed by atoms with van der Waals surface area (Å²) < 4.78 is 6.42. The number of nitrogens with zero attached hydrogens (tertiary/aromatic N) is 4. The minimum atomic E-state index is 0.107. The Morgan fingerprint density at radius 3 is 1.89 bits per heavy atom. The molecule has 61 heavy (non-hydrogen) atoms. The molecule has 2 aromatic heterocycles. The summed E-state index contributed by atoms with van der Waals surface area (Å²) in [4.78, 5) is 17.4. The molecule has 0 saturated carbocycles. The van der Waals surface area contributed by atoms with E-state index in [-0.39, 0.29) is 38.7 Å². The van der Waals surface area contributed by atoms with Crippen LogP contribution in [0.3, 0.4) is 0 Å². The minimum Gasteiger partial charge on any atom is -0.455 e. The zero-order chi connectivity index (χ0) is 41.1. The number of para-hydroxylation sites is 2. The van der Waals surface area contributed by atoms with Gasteiger partial charge in [0, 0.05) is 38.5 Å². The van der Waals surface area contributed by atoms with Crippen molar-refractivity contribution in [3.63, 3.8) is 0 Å². The molecule has 11 aromatic rings. The topological polar surface area (TPSA) is 55.1 Å². The van der Waals surface area contributed by atoms with Crippen molar-refractivity contribution in [1.82, 2.24) is 15.0 Å². The molecule has 12 rings (SSSR count). The maximum absolute atomic E-state index is 6.60. The lowest BCUT2D eigenvalue weighted by molar-refractivity contribution is 0.669. The number of aromatic nitrogens is 3. The lowest BCUT2D eigenvalue weighted by atomic mass is 9.60. The second-order valence-corrected chi connectivity index (χ2v) is 15.5. The number of furan rings is 1. The summed E-state index contributed by atoms with van der Waals surface area (Å²) in [6, 6.07) is 52.7. The predicted octanol–water partition coefficient (Wildman–Crippen LogP) is 7.65. The van der Waals surface area contributed by atoms with Gasteiger partial charge in [-0.25, -0.2) is 15.0 Å². The molecule has 0 amide bonds. The van der Waals surface area contributed by atoms with Gasteiger partial charge >= 0.3 is 0 Å². The second-order valence-electron chi connectivity index (χ2n) is 15.5. The molecule has 0 N–H and O–H groups in total. The third-order valence-corrected chi connectivity index (χ3v) is 12.1. The van der Waals surface area contributed by atoms with Crippen LogP contribution in [0.1, 0.15) is 0 Å². The normalized spacial score (nSPS) is 12.2. The van der Waals surface area contributed by atoms with E-state index in [0.29, 0.717) is 22.8 Å². The van der Waals surface area contributed by atoms with Crippen molar-refractivity contribution in [2.24, 2.45) is 0 Å². The smallest absolute Gasteiger partial charge is 0.167 e. The van der Waals surface area contributed by atoms with Crippen LogP contribution in [0.15, 0.2) is 156 Å². The van der Waals surface area contributed by atoms with Crippen LogP contribution in [0.2, 0.25) is 0 Å². The zero-order valence-electron chi connectivity index (χ0n) is 32.5. The van der Waals surface area contributed by atoms with Crippen molar-refractivity contribution in [2.45, 2.75) is 0 Å². The van der Waals surface area contributed by atoms with Crippen LogP contribution >= 0.6 is 0 Å². The first-order valence-corrected chi connectivity index (χ1v) is 19.9. The minimum absolute atomic E-state index is 0.107. The fraction of sp³-hybridized carbons (Fsp3) is 0. The Morgan fingerprint density at radius 2 is 1.03 bits per heavy atom. The Bertz CT molecular complexity index is 3660. The second kappa shape index (κ2) is 13.4. The van der Waals surface area contributed by atoms with Gasteiger partial charge in [-0.1, -0.05) is 120 Å². The van der Waals surface area contributed by atoms with Crippen LogP contribution in [-0.2, 0) is 0 Å². The Balaban J connectivity index is 1.04. The van der Waals surface area contributed by atoms with Crippen molar-refractivity contribution in [2.75, 3.05) is 4.90 Å². The first kappa shape index (κ1) is 35.6. The highest BCUT2D eigenvalue weighted by Crippen LogP contribution is 2.53. The fourth-order valence-corrected chi connectivity index (χ4v) is 9.12. The molecule has 0 fully saturated rings. The lowest BCUT2D eigenvalue weighted by Crippen LogP contribution is -2.55. The summed E-state index contributed by atoms with van der Waals surface area (Å²) in [5.74, 6) is 0.952. The molecule has 1 aliphatic heterocycles. The van der Waals surface area contributed by atoms with E-state index in [1.807, 2.05) is 48.5 Å². The van der Waals surface area contributed by atoms with E-state index in [1.54, 1.807) is 0 Å². The molecule has 0 atom stereocenters. The summed E-state index contributed by atoms with van der Waals surface area (Å²) in [6.45, 7) is 0. The molecule has 9 aromatic carbocycles. The van der Waals surface area contributed by atoms with E-state index >= 15 is 0 Å². The summed E-state index contributed by atoms with van der Waals surface area (Å²) in [7, 11) is 32.1. The van der Waals surface area contributed by atoms with Gasteiger partial charge in [0.15, 0.2) is 17.5 Å². The van der Waals surface area contributed by atoms with Gasteiger partial charge in [-0.15, -0.1) is 16.4 Å². The van der Waals surface area contributed by atoms with Crippen LogP contribution in [-0.4, -0.2) is 54.2 Å². The Morgan fingerprint density at radius 1 is 0.410 bits per heavy atom. The van der Waals surface area contributed by atoms with E-state index in [9.17, 15) is 0 Å². The molecule has 10 radical (unpaired) electrons. The molecule has 5 nitrogen and oxygen atoms in total. The van der Waals surface area contributed by atoms with Crippen molar-refractivity contribution < 1.29 is 4.42 Å². The number of hydrogen-bond donors (Lipinski definition) is 0. The highest BCUT2D eigenvalue weighted by Gasteiger charge is 2.28. The monoisotopic (exact) mass is 764 g/mol. The van der Waals surface area contributed by atoms with Gasteiger partial charge in [-0.3, -0.25) is 0 Å². The van der Waals surface area contributed by atoms with E-state index in [0.717, 1.165) is 49.8 Å². The van der Waals surface area contributed by atoms with E-state index in [1.165, 1.54) is 32.7 Å². The standard InChI is InChI=1S/C51H25B5N4O/c52-43-42(44(53)46(55)47(56)45(43)54)51-58-49(57-50(59-51)36-15-7-13-34-33-12-3-4-17-39(33)61-48(34)36)30-19-18-29-25-31(22-20-28(29)24-30)60-37-16-6-10-27-9-5-14-35(40(27)37)41-32-11-2-1-8-26(32)21-23-38(41)60/h1-25H. The molecule has 1 aliphatic rings. The van der Waals surface area contributed by atoms with Gasteiger partial charge in [0.2, 0.25) is 0 Å². The molecule has 0 saturated heterocycles. The first-order valence-electron chi connectivity index (χ1n) is 19.9. The summed E-state index contributed by atoms with van der Waals surface area (Å²) in [5.41, 5.74) is 9.46.